The van der Waals surface area contributed by atoms with Gasteiger partial charge in [-0.3, -0.25) is 0 Å². The molecule has 0 spiro atoms. The van der Waals surface area contributed by atoms with Crippen molar-refractivity contribution in [1.82, 2.24) is 0 Å². The highest BCUT2D eigenvalue weighted by Gasteiger charge is 2.34. The molecule has 1 nitrogen and oxygen atoms in total. The molecule has 0 heterocycles. The number of benzene rings is 1. The molecule has 1 aromatic carbocycles. The van der Waals surface area contributed by atoms with Gasteiger partial charge in [0, 0.05) is 16.8 Å². The van der Waals surface area contributed by atoms with Crippen molar-refractivity contribution in [2.75, 3.05) is 5.32 Å². The summed E-state index contributed by atoms with van der Waals surface area (Å²) in [6.45, 7) is 2.14. The van der Waals surface area contributed by atoms with E-state index in [1.54, 1.807) is 0 Å². The first-order chi connectivity index (χ1) is 8.86. The first-order valence-corrected chi connectivity index (χ1v) is 6.87. The van der Waals surface area contributed by atoms with Crippen molar-refractivity contribution >= 4 is 17.3 Å². The molecule has 19 heavy (non-hydrogen) atoms. The normalized spacial score (nSPS) is 24.3. The van der Waals surface area contributed by atoms with Crippen molar-refractivity contribution in [3.63, 3.8) is 0 Å². The molecule has 1 saturated carbocycles. The van der Waals surface area contributed by atoms with E-state index in [2.05, 4.69) is 12.2 Å². The molecule has 0 amide bonds. The lowest BCUT2D eigenvalue weighted by molar-refractivity contribution is -0.137. The van der Waals surface area contributed by atoms with E-state index in [4.69, 9.17) is 11.6 Å². The van der Waals surface area contributed by atoms with Crippen LogP contribution in [0.5, 0.6) is 0 Å². The SMILES string of the molecule is CC1CCCC(Nc2ccc(Cl)cc2C(F)(F)F)C1. The van der Waals surface area contributed by atoms with E-state index in [0.29, 0.717) is 5.92 Å². The van der Waals surface area contributed by atoms with Gasteiger partial charge in [0.1, 0.15) is 0 Å². The summed E-state index contributed by atoms with van der Waals surface area (Å²) in [5.41, 5.74) is -0.547. The molecule has 0 aliphatic heterocycles. The van der Waals surface area contributed by atoms with Crippen molar-refractivity contribution in [2.24, 2.45) is 5.92 Å². The predicted molar refractivity (Wildman–Crippen MR) is 71.5 cm³/mol. The van der Waals surface area contributed by atoms with Crippen molar-refractivity contribution in [2.45, 2.75) is 44.8 Å². The van der Waals surface area contributed by atoms with E-state index in [1.165, 1.54) is 12.1 Å². The Hall–Kier alpha value is -0.900. The lowest BCUT2D eigenvalue weighted by Crippen LogP contribution is -2.27. The molecular formula is C14H17ClF3N. The van der Waals surface area contributed by atoms with Crippen molar-refractivity contribution < 1.29 is 13.2 Å². The van der Waals surface area contributed by atoms with E-state index >= 15 is 0 Å². The number of nitrogens with one attached hydrogen (secondary N) is 1. The molecule has 0 saturated heterocycles. The van der Waals surface area contributed by atoms with Crippen molar-refractivity contribution in [1.29, 1.82) is 0 Å². The van der Waals surface area contributed by atoms with Gasteiger partial charge in [-0.25, -0.2) is 0 Å². The van der Waals surface area contributed by atoms with Gasteiger partial charge < -0.3 is 5.32 Å². The Labute approximate surface area is 116 Å². The van der Waals surface area contributed by atoms with E-state index in [1.807, 2.05) is 0 Å². The van der Waals surface area contributed by atoms with Gasteiger partial charge in [0.05, 0.1) is 5.56 Å². The minimum Gasteiger partial charge on any atom is -0.382 e. The maximum atomic E-state index is 13.0. The van der Waals surface area contributed by atoms with E-state index < -0.39 is 11.7 Å². The smallest absolute Gasteiger partial charge is 0.382 e. The fraction of sp³-hybridized carbons (Fsp3) is 0.571. The molecule has 2 atom stereocenters. The van der Waals surface area contributed by atoms with E-state index in [0.717, 1.165) is 31.7 Å². The third-order valence-corrected chi connectivity index (χ3v) is 3.82. The molecule has 1 aliphatic carbocycles. The second kappa shape index (κ2) is 5.61. The molecule has 1 fully saturated rings. The van der Waals surface area contributed by atoms with Gasteiger partial charge in [0.25, 0.3) is 0 Å². The van der Waals surface area contributed by atoms with Crippen LogP contribution in [0.2, 0.25) is 5.02 Å². The summed E-state index contributed by atoms with van der Waals surface area (Å²) in [6.07, 6.45) is -0.323. The highest BCUT2D eigenvalue weighted by atomic mass is 35.5. The number of hydrogen-bond acceptors (Lipinski definition) is 1. The van der Waals surface area contributed by atoms with Crippen LogP contribution in [0, 0.1) is 5.92 Å². The third-order valence-electron chi connectivity index (χ3n) is 3.58. The van der Waals surface area contributed by atoms with Crippen LogP contribution < -0.4 is 5.32 Å². The van der Waals surface area contributed by atoms with Crippen molar-refractivity contribution in [3.8, 4) is 0 Å². The van der Waals surface area contributed by atoms with Crippen LogP contribution in [0.1, 0.15) is 38.2 Å². The first-order valence-electron chi connectivity index (χ1n) is 6.49. The summed E-state index contributed by atoms with van der Waals surface area (Å²) in [5, 5.41) is 3.14. The Kier molecular flexibility index (Phi) is 4.29. The molecule has 1 N–H and O–H groups in total. The van der Waals surface area contributed by atoms with Gasteiger partial charge >= 0.3 is 6.18 Å². The summed E-state index contributed by atoms with van der Waals surface area (Å²) in [4.78, 5) is 0. The molecule has 1 aromatic rings. The van der Waals surface area contributed by atoms with Crippen LogP contribution in [-0.4, -0.2) is 6.04 Å². The highest BCUT2D eigenvalue weighted by molar-refractivity contribution is 6.30. The fourth-order valence-corrected chi connectivity index (χ4v) is 2.83. The summed E-state index contributed by atoms with van der Waals surface area (Å²) in [6, 6.07) is 4.01. The van der Waals surface area contributed by atoms with Crippen LogP contribution in [0.3, 0.4) is 0 Å². The van der Waals surface area contributed by atoms with Gasteiger partial charge in [0.2, 0.25) is 0 Å². The fourth-order valence-electron chi connectivity index (χ4n) is 2.66. The standard InChI is InChI=1S/C14H17ClF3N/c1-9-3-2-4-11(7-9)19-13-6-5-10(15)8-12(13)14(16,17)18/h5-6,8-9,11,19H,2-4,7H2,1H3. The predicted octanol–water partition coefficient (Wildman–Crippen LogP) is 5.35. The van der Waals surface area contributed by atoms with Gasteiger partial charge in [-0.15, -0.1) is 0 Å². The monoisotopic (exact) mass is 291 g/mol. The molecule has 106 valence electrons. The lowest BCUT2D eigenvalue weighted by Gasteiger charge is -2.29. The Morgan fingerprint density at radius 3 is 2.63 bits per heavy atom. The highest BCUT2D eigenvalue weighted by Crippen LogP contribution is 2.37. The second-order valence-corrected chi connectivity index (χ2v) is 5.74. The maximum absolute atomic E-state index is 13.0. The van der Waals surface area contributed by atoms with Gasteiger partial charge in [-0.05, 0) is 37.0 Å². The summed E-state index contributed by atoms with van der Waals surface area (Å²) >= 11 is 5.66. The van der Waals surface area contributed by atoms with E-state index in [9.17, 15) is 13.2 Å². The van der Waals surface area contributed by atoms with Crippen LogP contribution in [0.15, 0.2) is 18.2 Å². The van der Waals surface area contributed by atoms with Crippen LogP contribution in [0.4, 0.5) is 18.9 Å². The average Bonchev–Trinajstić information content (AvgIpc) is 2.30. The average molecular weight is 292 g/mol. The zero-order chi connectivity index (χ0) is 14.0. The molecule has 2 rings (SSSR count). The lowest BCUT2D eigenvalue weighted by atomic mass is 9.87. The molecule has 2 unspecified atom stereocenters. The molecule has 1 aliphatic rings. The second-order valence-electron chi connectivity index (χ2n) is 5.30. The number of anilines is 1. The Balaban J connectivity index is 2.20. The van der Waals surface area contributed by atoms with Gasteiger partial charge in [0.15, 0.2) is 0 Å². The molecule has 0 bridgehead atoms. The van der Waals surface area contributed by atoms with Crippen LogP contribution in [0.25, 0.3) is 0 Å². The van der Waals surface area contributed by atoms with Gasteiger partial charge in [-0.1, -0.05) is 31.4 Å². The quantitative estimate of drug-likeness (QED) is 0.774. The Bertz CT molecular complexity index is 445. The molecular weight excluding hydrogens is 275 g/mol. The van der Waals surface area contributed by atoms with Crippen molar-refractivity contribution in [3.05, 3.63) is 28.8 Å². The Morgan fingerprint density at radius 1 is 1.26 bits per heavy atom. The van der Waals surface area contributed by atoms with E-state index in [-0.39, 0.29) is 16.8 Å². The van der Waals surface area contributed by atoms with Crippen LogP contribution in [-0.2, 0) is 6.18 Å². The number of alkyl halides is 3. The first kappa shape index (κ1) is 14.5. The number of rotatable bonds is 2. The van der Waals surface area contributed by atoms with Gasteiger partial charge in [-0.2, -0.15) is 13.2 Å². The largest absolute Gasteiger partial charge is 0.418 e. The van der Waals surface area contributed by atoms with Crippen LogP contribution >= 0.6 is 11.6 Å². The summed E-state index contributed by atoms with van der Waals surface area (Å²) in [5.74, 6) is 0.563. The minimum atomic E-state index is -4.38. The minimum absolute atomic E-state index is 0.106. The maximum Gasteiger partial charge on any atom is 0.418 e. The number of hydrogen-bond donors (Lipinski definition) is 1. The molecule has 0 aromatic heterocycles. The zero-order valence-corrected chi connectivity index (χ0v) is 11.5. The Morgan fingerprint density at radius 2 is 2.00 bits per heavy atom. The summed E-state index contributed by atoms with van der Waals surface area (Å²) in [7, 11) is 0. The molecule has 5 heteroatoms. The third kappa shape index (κ3) is 3.78. The number of halogens is 4. The summed E-state index contributed by atoms with van der Waals surface area (Å²) < 4.78 is 38.9. The topological polar surface area (TPSA) is 12.0 Å². The zero-order valence-electron chi connectivity index (χ0n) is 10.7. The molecule has 0 radical (unpaired) electrons.